The summed E-state index contributed by atoms with van der Waals surface area (Å²) in [7, 11) is 0. The lowest BCUT2D eigenvalue weighted by Gasteiger charge is -2.18. The summed E-state index contributed by atoms with van der Waals surface area (Å²) in [5.41, 5.74) is 2.45. The Kier molecular flexibility index (Phi) is 3.24. The minimum absolute atomic E-state index is 0.0567. The summed E-state index contributed by atoms with van der Waals surface area (Å²) in [5, 5.41) is 3.15. The van der Waals surface area contributed by atoms with E-state index in [1.807, 2.05) is 6.26 Å². The highest BCUT2D eigenvalue weighted by atomic mass is 32.2. The van der Waals surface area contributed by atoms with Crippen molar-refractivity contribution in [1.82, 2.24) is 5.32 Å². The summed E-state index contributed by atoms with van der Waals surface area (Å²) in [5.74, 6) is 0.694. The van der Waals surface area contributed by atoms with Crippen molar-refractivity contribution in [3.63, 3.8) is 0 Å². The molecule has 0 bridgehead atoms. The van der Waals surface area contributed by atoms with E-state index in [0.29, 0.717) is 5.75 Å². The first-order valence-corrected chi connectivity index (χ1v) is 6.93. The van der Waals surface area contributed by atoms with Crippen molar-refractivity contribution in [2.75, 3.05) is 12.0 Å². The van der Waals surface area contributed by atoms with E-state index < -0.39 is 0 Å². The molecule has 0 radical (unpaired) electrons. The molecule has 16 heavy (non-hydrogen) atoms. The first-order valence-electron chi connectivity index (χ1n) is 5.53. The molecule has 0 atom stereocenters. The predicted molar refractivity (Wildman–Crippen MR) is 68.6 cm³/mol. The van der Waals surface area contributed by atoms with Crippen molar-refractivity contribution >= 4 is 17.7 Å². The second-order valence-corrected chi connectivity index (χ2v) is 5.30. The number of hydrogen-bond acceptors (Lipinski definition) is 2. The summed E-state index contributed by atoms with van der Waals surface area (Å²) in [6.07, 6.45) is 4.08. The number of amides is 1. The van der Waals surface area contributed by atoms with Crippen LogP contribution in [-0.4, -0.2) is 17.9 Å². The fourth-order valence-corrected chi connectivity index (χ4v) is 2.32. The molecule has 1 N–H and O–H groups in total. The van der Waals surface area contributed by atoms with E-state index in [9.17, 15) is 4.79 Å². The number of thioether (sulfide) groups is 1. The Morgan fingerprint density at radius 1 is 1.50 bits per heavy atom. The van der Waals surface area contributed by atoms with Gasteiger partial charge in [0.2, 0.25) is 5.91 Å². The van der Waals surface area contributed by atoms with Gasteiger partial charge in [-0.2, -0.15) is 11.8 Å². The maximum atomic E-state index is 11.6. The van der Waals surface area contributed by atoms with Gasteiger partial charge < -0.3 is 5.32 Å². The number of aryl methyl sites for hydroxylation is 1. The highest BCUT2D eigenvalue weighted by molar-refractivity contribution is 7.99. The lowest BCUT2D eigenvalue weighted by atomic mass is 10.0. The monoisotopic (exact) mass is 235 g/mol. The third-order valence-corrected chi connectivity index (χ3v) is 3.53. The molecule has 1 aromatic rings. The van der Waals surface area contributed by atoms with Crippen LogP contribution in [0.15, 0.2) is 24.3 Å². The number of carbonyl (C=O) groups is 1. The van der Waals surface area contributed by atoms with Crippen molar-refractivity contribution < 1.29 is 4.79 Å². The molecule has 1 aromatic carbocycles. The number of carbonyl (C=O) groups excluding carboxylic acids is 1. The van der Waals surface area contributed by atoms with Gasteiger partial charge in [-0.15, -0.1) is 0 Å². The molecule has 0 aliphatic heterocycles. The maximum Gasteiger partial charge on any atom is 0.230 e. The Bertz CT molecular complexity index is 399. The van der Waals surface area contributed by atoms with Gasteiger partial charge in [-0.3, -0.25) is 4.79 Å². The molecule has 0 saturated heterocycles. The van der Waals surface area contributed by atoms with E-state index in [1.165, 1.54) is 11.1 Å². The van der Waals surface area contributed by atoms with Crippen molar-refractivity contribution in [3.05, 3.63) is 35.4 Å². The zero-order valence-corrected chi connectivity index (χ0v) is 10.6. The summed E-state index contributed by atoms with van der Waals surface area (Å²) in [4.78, 5) is 11.6. The van der Waals surface area contributed by atoms with E-state index in [2.05, 4.69) is 36.5 Å². The highest BCUT2D eigenvalue weighted by Crippen LogP contribution is 2.45. The zero-order valence-electron chi connectivity index (χ0n) is 9.75. The molecule has 1 fully saturated rings. The van der Waals surface area contributed by atoms with Crippen LogP contribution in [0.4, 0.5) is 0 Å². The molecule has 3 heteroatoms. The van der Waals surface area contributed by atoms with Crippen molar-refractivity contribution in [2.45, 2.75) is 25.3 Å². The van der Waals surface area contributed by atoms with Gasteiger partial charge in [0.05, 0.1) is 11.3 Å². The summed E-state index contributed by atoms with van der Waals surface area (Å²) < 4.78 is 0. The lowest BCUT2D eigenvalue weighted by molar-refractivity contribution is -0.119. The van der Waals surface area contributed by atoms with E-state index in [0.717, 1.165) is 12.8 Å². The van der Waals surface area contributed by atoms with E-state index in [1.54, 1.807) is 11.8 Å². The molecule has 0 heterocycles. The predicted octanol–water partition coefficient (Wildman–Crippen LogP) is 2.46. The Balaban J connectivity index is 2.11. The molecule has 1 aliphatic carbocycles. The fourth-order valence-electron chi connectivity index (χ4n) is 1.99. The molecule has 1 amide bonds. The molecule has 0 aromatic heterocycles. The Morgan fingerprint density at radius 2 is 2.25 bits per heavy atom. The van der Waals surface area contributed by atoms with Crippen molar-refractivity contribution in [2.24, 2.45) is 0 Å². The van der Waals surface area contributed by atoms with Gasteiger partial charge in [0.1, 0.15) is 0 Å². The summed E-state index contributed by atoms with van der Waals surface area (Å²) in [6.45, 7) is 2.09. The number of hydrogen-bond donors (Lipinski definition) is 1. The lowest BCUT2D eigenvalue weighted by Crippen LogP contribution is -2.36. The van der Waals surface area contributed by atoms with Crippen LogP contribution in [0, 0.1) is 6.92 Å². The minimum Gasteiger partial charge on any atom is -0.346 e. The second kappa shape index (κ2) is 4.50. The second-order valence-electron chi connectivity index (χ2n) is 4.43. The number of rotatable bonds is 4. The average molecular weight is 235 g/mol. The molecular formula is C13H17NOS. The summed E-state index contributed by atoms with van der Waals surface area (Å²) in [6, 6.07) is 8.43. The van der Waals surface area contributed by atoms with Gasteiger partial charge in [0.15, 0.2) is 0 Å². The molecule has 1 saturated carbocycles. The quantitative estimate of drug-likeness (QED) is 0.868. The Morgan fingerprint density at radius 3 is 2.81 bits per heavy atom. The third kappa shape index (κ3) is 2.40. The molecule has 2 nitrogen and oxygen atoms in total. The molecular weight excluding hydrogens is 218 g/mol. The standard InChI is InChI=1S/C13H17NOS/c1-10-4-3-5-11(8-10)13(6-7-13)14-12(15)9-16-2/h3-5,8H,6-7,9H2,1-2H3,(H,14,15). The zero-order chi connectivity index (χ0) is 11.6. The normalized spacial score (nSPS) is 16.9. The van der Waals surface area contributed by atoms with Crippen molar-refractivity contribution in [3.8, 4) is 0 Å². The van der Waals surface area contributed by atoms with E-state index in [4.69, 9.17) is 0 Å². The Labute approximate surface area is 101 Å². The number of benzene rings is 1. The van der Waals surface area contributed by atoms with Crippen LogP contribution in [0.3, 0.4) is 0 Å². The van der Waals surface area contributed by atoms with Gasteiger partial charge in [-0.05, 0) is 31.6 Å². The van der Waals surface area contributed by atoms with Gasteiger partial charge in [0, 0.05) is 0 Å². The van der Waals surface area contributed by atoms with Crippen LogP contribution < -0.4 is 5.32 Å². The smallest absolute Gasteiger partial charge is 0.230 e. The van der Waals surface area contributed by atoms with Crippen LogP contribution >= 0.6 is 11.8 Å². The molecule has 0 spiro atoms. The minimum atomic E-state index is -0.0567. The SMILES string of the molecule is CSCC(=O)NC1(c2cccc(C)c2)CC1. The van der Waals surface area contributed by atoms with E-state index >= 15 is 0 Å². The molecule has 86 valence electrons. The number of nitrogens with one attached hydrogen (secondary N) is 1. The molecule has 1 aliphatic rings. The third-order valence-electron chi connectivity index (χ3n) is 2.97. The van der Waals surface area contributed by atoms with Crippen LogP contribution in [0.2, 0.25) is 0 Å². The molecule has 0 unspecified atom stereocenters. The maximum absolute atomic E-state index is 11.6. The van der Waals surface area contributed by atoms with Gasteiger partial charge in [-0.1, -0.05) is 29.8 Å². The largest absolute Gasteiger partial charge is 0.346 e. The summed E-state index contributed by atoms with van der Waals surface area (Å²) >= 11 is 1.56. The topological polar surface area (TPSA) is 29.1 Å². The van der Waals surface area contributed by atoms with Crippen molar-refractivity contribution in [1.29, 1.82) is 0 Å². The Hall–Kier alpha value is -0.960. The highest BCUT2D eigenvalue weighted by Gasteiger charge is 2.45. The van der Waals surface area contributed by atoms with E-state index in [-0.39, 0.29) is 11.4 Å². The molecule has 2 rings (SSSR count). The van der Waals surface area contributed by atoms with Crippen LogP contribution in [0.5, 0.6) is 0 Å². The van der Waals surface area contributed by atoms with Gasteiger partial charge in [0.25, 0.3) is 0 Å². The first kappa shape index (κ1) is 11.5. The van der Waals surface area contributed by atoms with Gasteiger partial charge >= 0.3 is 0 Å². The van der Waals surface area contributed by atoms with Crippen LogP contribution in [-0.2, 0) is 10.3 Å². The average Bonchev–Trinajstić information content (AvgIpc) is 2.99. The van der Waals surface area contributed by atoms with Gasteiger partial charge in [-0.25, -0.2) is 0 Å². The first-order chi connectivity index (χ1) is 7.66. The fraction of sp³-hybridized carbons (Fsp3) is 0.462. The van der Waals surface area contributed by atoms with Crippen LogP contribution in [0.1, 0.15) is 24.0 Å². The van der Waals surface area contributed by atoms with Crippen LogP contribution in [0.25, 0.3) is 0 Å².